The largest absolute Gasteiger partial charge is 0.459 e. The summed E-state index contributed by atoms with van der Waals surface area (Å²) in [6, 6.07) is -0.290. The Morgan fingerprint density at radius 3 is 2.62 bits per heavy atom. The van der Waals surface area contributed by atoms with Gasteiger partial charge in [-0.1, -0.05) is 0 Å². The number of amides is 1. The second kappa shape index (κ2) is 4.82. The fourth-order valence-corrected chi connectivity index (χ4v) is 3.44. The first-order chi connectivity index (χ1) is 7.37. The van der Waals surface area contributed by atoms with Crippen LogP contribution in [0.3, 0.4) is 0 Å². The van der Waals surface area contributed by atoms with Gasteiger partial charge < -0.3 is 9.64 Å². The number of esters is 1. The van der Waals surface area contributed by atoms with E-state index in [-0.39, 0.29) is 24.2 Å². The van der Waals surface area contributed by atoms with Crippen molar-refractivity contribution in [1.29, 1.82) is 4.78 Å². The molecule has 1 heterocycles. The number of hydrogen-bond acceptors (Lipinski definition) is 5. The van der Waals surface area contributed by atoms with E-state index in [9.17, 15) is 13.8 Å². The van der Waals surface area contributed by atoms with Gasteiger partial charge in [0.25, 0.3) is 0 Å². The van der Waals surface area contributed by atoms with E-state index in [0.717, 1.165) is 0 Å². The van der Waals surface area contributed by atoms with Crippen LogP contribution in [-0.4, -0.2) is 52.2 Å². The molecule has 1 rings (SSSR count). The number of nitrogens with zero attached hydrogens (tertiary/aromatic N) is 1. The molecular weight excluding hydrogens is 232 g/mol. The second-order valence-electron chi connectivity index (χ2n) is 3.76. The first-order valence-electron chi connectivity index (χ1n) is 5.05. The lowest BCUT2D eigenvalue weighted by Crippen LogP contribution is -2.42. The SMILES string of the molecule is CCOC(=O)C(=O)N(C)C1CCS(=N)(=O)C1. The Balaban J connectivity index is 2.62. The van der Waals surface area contributed by atoms with E-state index >= 15 is 0 Å². The Kier molecular flexibility index (Phi) is 3.90. The van der Waals surface area contributed by atoms with E-state index in [1.165, 1.54) is 11.9 Å². The Hall–Kier alpha value is -1.11. The normalized spacial score (nSPS) is 28.8. The number of carbonyl (C=O) groups is 2. The molecule has 0 bridgehead atoms. The van der Waals surface area contributed by atoms with E-state index < -0.39 is 21.6 Å². The van der Waals surface area contributed by atoms with E-state index in [0.29, 0.717) is 6.42 Å². The molecule has 0 saturated carbocycles. The first-order valence-corrected chi connectivity index (χ1v) is 6.95. The highest BCUT2D eigenvalue weighted by Gasteiger charge is 2.33. The molecule has 0 radical (unpaired) electrons. The number of hydrogen-bond donors (Lipinski definition) is 1. The number of ether oxygens (including phenoxy) is 1. The fraction of sp³-hybridized carbons (Fsp3) is 0.778. The van der Waals surface area contributed by atoms with Crippen molar-refractivity contribution in [3.8, 4) is 0 Å². The summed E-state index contributed by atoms with van der Waals surface area (Å²) < 4.78 is 23.4. The molecule has 0 aromatic carbocycles. The highest BCUT2D eigenvalue weighted by atomic mass is 32.2. The molecule has 1 aliphatic rings. The van der Waals surface area contributed by atoms with Crippen LogP contribution in [0.15, 0.2) is 0 Å². The number of likely N-dealkylation sites (N-methyl/N-ethyl adjacent to an activating group) is 1. The van der Waals surface area contributed by atoms with E-state index in [1.54, 1.807) is 6.92 Å². The van der Waals surface area contributed by atoms with Gasteiger partial charge in [-0.25, -0.2) is 9.00 Å². The number of rotatable bonds is 2. The molecule has 0 spiro atoms. The Bertz CT molecular complexity index is 390. The lowest BCUT2D eigenvalue weighted by molar-refractivity contribution is -0.160. The summed E-state index contributed by atoms with van der Waals surface area (Å²) in [5.41, 5.74) is 0. The minimum Gasteiger partial charge on any atom is -0.459 e. The highest BCUT2D eigenvalue weighted by Crippen LogP contribution is 2.17. The molecule has 16 heavy (non-hydrogen) atoms. The molecule has 1 N–H and O–H groups in total. The number of carbonyl (C=O) groups excluding carboxylic acids is 2. The van der Waals surface area contributed by atoms with E-state index in [2.05, 4.69) is 4.74 Å². The topological polar surface area (TPSA) is 87.5 Å². The maximum atomic E-state index is 11.5. The quantitative estimate of drug-likeness (QED) is 0.542. The lowest BCUT2D eigenvalue weighted by Gasteiger charge is -2.22. The van der Waals surface area contributed by atoms with Crippen molar-refractivity contribution < 1.29 is 18.5 Å². The molecular formula is C9H16N2O4S. The van der Waals surface area contributed by atoms with Crippen LogP contribution >= 0.6 is 0 Å². The first kappa shape index (κ1) is 13.0. The van der Waals surface area contributed by atoms with Crippen molar-refractivity contribution in [2.45, 2.75) is 19.4 Å². The summed E-state index contributed by atoms with van der Waals surface area (Å²) in [6.45, 7) is 1.77. The van der Waals surface area contributed by atoms with Crippen LogP contribution in [-0.2, 0) is 24.1 Å². The minimum absolute atomic E-state index is 0.147. The summed E-state index contributed by atoms with van der Waals surface area (Å²) in [5.74, 6) is -1.19. The van der Waals surface area contributed by atoms with Gasteiger partial charge in [-0.3, -0.25) is 9.57 Å². The van der Waals surface area contributed by atoms with Gasteiger partial charge in [0.05, 0.1) is 12.4 Å². The predicted molar refractivity (Wildman–Crippen MR) is 58.4 cm³/mol. The molecule has 2 unspecified atom stereocenters. The molecule has 0 aromatic rings. The van der Waals surface area contributed by atoms with Crippen LogP contribution in [0.2, 0.25) is 0 Å². The van der Waals surface area contributed by atoms with Gasteiger partial charge in [0.2, 0.25) is 0 Å². The Morgan fingerprint density at radius 2 is 2.19 bits per heavy atom. The number of nitrogens with one attached hydrogen (secondary N) is 1. The maximum Gasteiger partial charge on any atom is 0.397 e. The zero-order valence-corrected chi connectivity index (χ0v) is 10.2. The van der Waals surface area contributed by atoms with Gasteiger partial charge in [0, 0.05) is 28.6 Å². The Morgan fingerprint density at radius 1 is 1.56 bits per heavy atom. The van der Waals surface area contributed by atoms with Gasteiger partial charge in [0.1, 0.15) is 0 Å². The molecule has 1 saturated heterocycles. The van der Waals surface area contributed by atoms with Crippen LogP contribution in [0.1, 0.15) is 13.3 Å². The van der Waals surface area contributed by atoms with Crippen molar-refractivity contribution in [3.05, 3.63) is 0 Å². The summed E-state index contributed by atoms with van der Waals surface area (Å²) in [6.07, 6.45) is 0.504. The van der Waals surface area contributed by atoms with Crippen molar-refractivity contribution in [2.24, 2.45) is 0 Å². The molecule has 92 valence electrons. The smallest absolute Gasteiger partial charge is 0.397 e. The van der Waals surface area contributed by atoms with Crippen molar-refractivity contribution in [1.82, 2.24) is 4.90 Å². The average molecular weight is 248 g/mol. The van der Waals surface area contributed by atoms with Crippen LogP contribution in [0.5, 0.6) is 0 Å². The van der Waals surface area contributed by atoms with Crippen LogP contribution < -0.4 is 0 Å². The molecule has 1 amide bonds. The van der Waals surface area contributed by atoms with Crippen LogP contribution in [0.4, 0.5) is 0 Å². The zero-order valence-electron chi connectivity index (χ0n) is 9.39. The molecule has 1 fully saturated rings. The third kappa shape index (κ3) is 2.94. The Labute approximate surface area is 94.9 Å². The molecule has 6 nitrogen and oxygen atoms in total. The molecule has 0 aromatic heterocycles. The standard InChI is InChI=1S/C9H16N2O4S/c1-3-15-9(13)8(12)11(2)7-4-5-16(10,14)6-7/h7,10H,3-6H2,1-2H3. The molecule has 1 aliphatic heterocycles. The van der Waals surface area contributed by atoms with Gasteiger partial charge >= 0.3 is 11.9 Å². The maximum absolute atomic E-state index is 11.5. The monoisotopic (exact) mass is 248 g/mol. The molecule has 7 heteroatoms. The predicted octanol–water partition coefficient (Wildman–Crippen LogP) is -0.173. The minimum atomic E-state index is -2.56. The van der Waals surface area contributed by atoms with Gasteiger partial charge in [-0.2, -0.15) is 0 Å². The average Bonchev–Trinajstić information content (AvgIpc) is 2.57. The summed E-state index contributed by atoms with van der Waals surface area (Å²) >= 11 is 0. The summed E-state index contributed by atoms with van der Waals surface area (Å²) in [7, 11) is -1.08. The van der Waals surface area contributed by atoms with E-state index in [1.807, 2.05) is 0 Å². The van der Waals surface area contributed by atoms with Crippen molar-refractivity contribution in [2.75, 3.05) is 25.2 Å². The van der Waals surface area contributed by atoms with Crippen molar-refractivity contribution >= 4 is 21.6 Å². The lowest BCUT2D eigenvalue weighted by atomic mass is 10.2. The summed E-state index contributed by atoms with van der Waals surface area (Å²) in [5, 5.41) is 0. The van der Waals surface area contributed by atoms with Crippen LogP contribution in [0, 0.1) is 4.78 Å². The fourth-order valence-electron chi connectivity index (χ4n) is 1.61. The zero-order chi connectivity index (χ0) is 12.3. The van der Waals surface area contributed by atoms with Gasteiger partial charge in [-0.05, 0) is 13.3 Å². The highest BCUT2D eigenvalue weighted by molar-refractivity contribution is 7.92. The van der Waals surface area contributed by atoms with Crippen molar-refractivity contribution in [3.63, 3.8) is 0 Å². The van der Waals surface area contributed by atoms with Gasteiger partial charge in [-0.15, -0.1) is 0 Å². The van der Waals surface area contributed by atoms with E-state index in [4.69, 9.17) is 4.78 Å². The third-order valence-electron chi connectivity index (χ3n) is 2.56. The summed E-state index contributed by atoms with van der Waals surface area (Å²) in [4.78, 5) is 23.9. The molecule has 0 aliphatic carbocycles. The second-order valence-corrected chi connectivity index (χ2v) is 6.13. The third-order valence-corrected chi connectivity index (χ3v) is 4.38. The molecule has 2 atom stereocenters. The van der Waals surface area contributed by atoms with Gasteiger partial charge in [0.15, 0.2) is 0 Å². The van der Waals surface area contributed by atoms with Crippen LogP contribution in [0.25, 0.3) is 0 Å².